The zero-order valence-corrected chi connectivity index (χ0v) is 13.1. The number of hydrogen-bond donors (Lipinski definition) is 0. The smallest absolute Gasteiger partial charge is 0.132 e. The lowest BCUT2D eigenvalue weighted by Crippen LogP contribution is -2.08. The first-order chi connectivity index (χ1) is 10.6. The molecule has 0 amide bonds. The zero-order chi connectivity index (χ0) is 15.7. The molecule has 2 aromatic rings. The number of ether oxygens (including phenoxy) is 1. The largest absolute Gasteiger partial charge is 0.497 e. The third-order valence-electron chi connectivity index (χ3n) is 3.30. The van der Waals surface area contributed by atoms with Crippen molar-refractivity contribution in [2.24, 2.45) is 9.98 Å². The molecule has 1 aliphatic rings. The van der Waals surface area contributed by atoms with Gasteiger partial charge in [-0.05, 0) is 30.3 Å². The van der Waals surface area contributed by atoms with Crippen molar-refractivity contribution in [3.63, 3.8) is 0 Å². The van der Waals surface area contributed by atoms with Gasteiger partial charge in [0.1, 0.15) is 11.6 Å². The van der Waals surface area contributed by atoms with Crippen LogP contribution >= 0.6 is 23.2 Å². The lowest BCUT2D eigenvalue weighted by atomic mass is 9.99. The van der Waals surface area contributed by atoms with Crippen LogP contribution in [0.25, 0.3) is 0 Å². The van der Waals surface area contributed by atoms with Gasteiger partial charge in [0.2, 0.25) is 0 Å². The number of halogens is 3. The Kier molecular flexibility index (Phi) is 4.14. The fourth-order valence-electron chi connectivity index (χ4n) is 2.26. The van der Waals surface area contributed by atoms with E-state index in [9.17, 15) is 4.39 Å². The van der Waals surface area contributed by atoms with Gasteiger partial charge in [-0.15, -0.1) is 0 Å². The second kappa shape index (κ2) is 6.07. The summed E-state index contributed by atoms with van der Waals surface area (Å²) < 4.78 is 19.5. The third kappa shape index (κ3) is 2.60. The Labute approximate surface area is 137 Å². The fourth-order valence-corrected chi connectivity index (χ4v) is 2.66. The fraction of sp³-hybridized carbons (Fsp3) is 0.125. The van der Waals surface area contributed by atoms with Crippen LogP contribution in [-0.4, -0.2) is 25.6 Å². The van der Waals surface area contributed by atoms with Crippen molar-refractivity contribution in [1.29, 1.82) is 0 Å². The van der Waals surface area contributed by atoms with Gasteiger partial charge in [0.25, 0.3) is 0 Å². The van der Waals surface area contributed by atoms with Crippen molar-refractivity contribution < 1.29 is 9.13 Å². The Morgan fingerprint density at radius 1 is 1.18 bits per heavy atom. The number of fused-ring (bicyclic) bond motifs is 1. The van der Waals surface area contributed by atoms with Gasteiger partial charge in [-0.25, -0.2) is 4.39 Å². The molecule has 2 aromatic carbocycles. The molecule has 0 aliphatic carbocycles. The summed E-state index contributed by atoms with van der Waals surface area (Å²) in [5, 5.41) is 0.674. The molecule has 0 radical (unpaired) electrons. The first kappa shape index (κ1) is 15.0. The normalized spacial score (nSPS) is 13.4. The van der Waals surface area contributed by atoms with Crippen LogP contribution in [0.3, 0.4) is 0 Å². The lowest BCUT2D eigenvalue weighted by Gasteiger charge is -2.13. The Morgan fingerprint density at radius 3 is 2.77 bits per heavy atom. The van der Waals surface area contributed by atoms with E-state index in [0.29, 0.717) is 44.9 Å². The Balaban J connectivity index is 2.27. The van der Waals surface area contributed by atoms with Gasteiger partial charge in [0.05, 0.1) is 35.1 Å². The summed E-state index contributed by atoms with van der Waals surface area (Å²) in [5.74, 6) is 0.118. The molecule has 22 heavy (non-hydrogen) atoms. The molecule has 1 heterocycles. The van der Waals surface area contributed by atoms with Crippen molar-refractivity contribution in [1.82, 2.24) is 0 Å². The average Bonchev–Trinajstić information content (AvgIpc) is 2.74. The van der Waals surface area contributed by atoms with Crippen molar-refractivity contribution in [3.05, 3.63) is 57.3 Å². The maximum Gasteiger partial charge on any atom is 0.132 e. The summed E-state index contributed by atoms with van der Waals surface area (Å²) in [6, 6.07) is 7.86. The molecule has 0 spiro atoms. The molecule has 112 valence electrons. The molecule has 1 aliphatic heterocycles. The van der Waals surface area contributed by atoms with Crippen LogP contribution in [0.5, 0.6) is 5.75 Å². The van der Waals surface area contributed by atoms with E-state index in [1.165, 1.54) is 13.2 Å². The molecule has 0 saturated heterocycles. The van der Waals surface area contributed by atoms with Gasteiger partial charge in [-0.1, -0.05) is 23.2 Å². The molecule has 0 aromatic heterocycles. The molecule has 0 fully saturated rings. The van der Waals surface area contributed by atoms with Crippen molar-refractivity contribution in [2.75, 3.05) is 13.7 Å². The predicted octanol–water partition coefficient (Wildman–Crippen LogP) is 4.69. The standard InChI is InChI=1S/C16H11Cl2FN2O/c1-22-9-2-4-12(19)10(8-9)16-14-13(20-6-7-21-16)5-3-11(17)15(14)18/h2-6,8H,7H2,1H3. The molecule has 0 saturated carbocycles. The van der Waals surface area contributed by atoms with Gasteiger partial charge in [0.15, 0.2) is 0 Å². The average molecular weight is 337 g/mol. The predicted molar refractivity (Wildman–Crippen MR) is 88.1 cm³/mol. The van der Waals surface area contributed by atoms with Crippen LogP contribution < -0.4 is 4.74 Å². The monoisotopic (exact) mass is 336 g/mol. The quantitative estimate of drug-likeness (QED) is 0.782. The molecule has 6 heteroatoms. The van der Waals surface area contributed by atoms with Crippen LogP contribution in [0.4, 0.5) is 10.1 Å². The minimum Gasteiger partial charge on any atom is -0.497 e. The number of nitrogens with zero attached hydrogens (tertiary/aromatic N) is 2. The summed E-state index contributed by atoms with van der Waals surface area (Å²) in [7, 11) is 1.52. The summed E-state index contributed by atoms with van der Waals surface area (Å²) in [5.41, 5.74) is 1.84. The summed E-state index contributed by atoms with van der Waals surface area (Å²) in [4.78, 5) is 8.70. The number of benzene rings is 2. The molecule has 0 N–H and O–H groups in total. The number of hydrogen-bond acceptors (Lipinski definition) is 3. The van der Waals surface area contributed by atoms with Crippen molar-refractivity contribution in [3.8, 4) is 5.75 Å². The topological polar surface area (TPSA) is 34.0 Å². The van der Waals surface area contributed by atoms with E-state index in [4.69, 9.17) is 27.9 Å². The Morgan fingerprint density at radius 2 is 2.00 bits per heavy atom. The Hall–Kier alpha value is -1.91. The van der Waals surface area contributed by atoms with E-state index < -0.39 is 5.82 Å². The van der Waals surface area contributed by atoms with Crippen LogP contribution in [0.2, 0.25) is 10.0 Å². The maximum atomic E-state index is 14.3. The first-order valence-electron chi connectivity index (χ1n) is 6.51. The highest BCUT2D eigenvalue weighted by molar-refractivity contribution is 6.45. The number of aliphatic imine (C=N–C) groups is 2. The highest BCUT2D eigenvalue weighted by atomic mass is 35.5. The molecule has 0 atom stereocenters. The molecule has 3 nitrogen and oxygen atoms in total. The number of rotatable bonds is 2. The SMILES string of the molecule is COc1ccc(F)c(C2=NCC=Nc3ccc(Cl)c(Cl)c32)c1. The van der Waals surface area contributed by atoms with Crippen LogP contribution in [0, 0.1) is 5.82 Å². The summed E-state index contributed by atoms with van der Waals surface area (Å²) in [6.45, 7) is 0.328. The van der Waals surface area contributed by atoms with E-state index >= 15 is 0 Å². The van der Waals surface area contributed by atoms with E-state index in [-0.39, 0.29) is 0 Å². The van der Waals surface area contributed by atoms with Gasteiger partial charge < -0.3 is 4.74 Å². The Bertz CT molecular complexity index is 803. The van der Waals surface area contributed by atoms with Gasteiger partial charge in [-0.2, -0.15) is 0 Å². The van der Waals surface area contributed by atoms with E-state index in [1.54, 1.807) is 30.5 Å². The van der Waals surface area contributed by atoms with E-state index in [0.717, 1.165) is 0 Å². The molecular formula is C16H11Cl2FN2O. The maximum absolute atomic E-state index is 14.3. The van der Waals surface area contributed by atoms with Crippen LogP contribution in [0.15, 0.2) is 40.3 Å². The molecule has 0 unspecified atom stereocenters. The van der Waals surface area contributed by atoms with Gasteiger partial charge in [0, 0.05) is 17.3 Å². The molecular weight excluding hydrogens is 326 g/mol. The minimum atomic E-state index is -0.413. The van der Waals surface area contributed by atoms with Crippen molar-refractivity contribution >= 4 is 40.8 Å². The van der Waals surface area contributed by atoms with Gasteiger partial charge in [-0.3, -0.25) is 9.98 Å². The number of methoxy groups -OCH3 is 1. The van der Waals surface area contributed by atoms with E-state index in [2.05, 4.69) is 9.98 Å². The van der Waals surface area contributed by atoms with Crippen LogP contribution in [0.1, 0.15) is 11.1 Å². The van der Waals surface area contributed by atoms with Gasteiger partial charge >= 0.3 is 0 Å². The summed E-state index contributed by atoms with van der Waals surface area (Å²) >= 11 is 12.4. The van der Waals surface area contributed by atoms with Crippen LogP contribution in [-0.2, 0) is 0 Å². The lowest BCUT2D eigenvalue weighted by molar-refractivity contribution is 0.413. The minimum absolute atomic E-state index is 0.301. The van der Waals surface area contributed by atoms with Crippen molar-refractivity contribution in [2.45, 2.75) is 0 Å². The molecule has 0 bridgehead atoms. The van der Waals surface area contributed by atoms with E-state index in [1.807, 2.05) is 0 Å². The summed E-state index contributed by atoms with van der Waals surface area (Å²) in [6.07, 6.45) is 1.65. The molecule has 3 rings (SSSR count). The first-order valence-corrected chi connectivity index (χ1v) is 7.26. The second-order valence-corrected chi connectivity index (χ2v) is 5.39. The third-order valence-corrected chi connectivity index (χ3v) is 4.10. The highest BCUT2D eigenvalue weighted by Gasteiger charge is 2.22. The zero-order valence-electron chi connectivity index (χ0n) is 11.6. The highest BCUT2D eigenvalue weighted by Crippen LogP contribution is 2.36. The second-order valence-electron chi connectivity index (χ2n) is 4.60.